The van der Waals surface area contributed by atoms with Crippen LogP contribution in [0, 0.1) is 0 Å². The van der Waals surface area contributed by atoms with E-state index in [1.54, 1.807) is 29.5 Å². The highest BCUT2D eigenvalue weighted by molar-refractivity contribution is 7.10. The third-order valence-corrected chi connectivity index (χ3v) is 5.39. The van der Waals surface area contributed by atoms with E-state index in [0.717, 1.165) is 13.0 Å². The van der Waals surface area contributed by atoms with Gasteiger partial charge in [0.15, 0.2) is 6.61 Å². The highest BCUT2D eigenvalue weighted by Gasteiger charge is 2.28. The minimum atomic E-state index is -0.0413. The molecule has 1 aromatic carbocycles. The summed E-state index contributed by atoms with van der Waals surface area (Å²) in [6.45, 7) is 2.74. The smallest absolute Gasteiger partial charge is 0.261 e. The van der Waals surface area contributed by atoms with E-state index in [9.17, 15) is 4.79 Å². The molecule has 3 nitrogen and oxygen atoms in total. The molecule has 3 rings (SSSR count). The second kappa shape index (κ2) is 6.49. The minimum absolute atomic E-state index is 0.0378. The summed E-state index contributed by atoms with van der Waals surface area (Å²) < 4.78 is 5.55. The van der Waals surface area contributed by atoms with Crippen LogP contribution in [0.1, 0.15) is 23.4 Å². The molecule has 0 saturated heterocycles. The van der Waals surface area contributed by atoms with E-state index in [1.165, 1.54) is 10.4 Å². The summed E-state index contributed by atoms with van der Waals surface area (Å²) >= 11 is 13.7. The Kier molecular flexibility index (Phi) is 4.62. The number of carbonyl (C=O) groups excluding carboxylic acids is 1. The zero-order valence-electron chi connectivity index (χ0n) is 12.0. The number of ether oxygens (including phenoxy) is 1. The van der Waals surface area contributed by atoms with Crippen LogP contribution in [-0.4, -0.2) is 24.0 Å². The van der Waals surface area contributed by atoms with Crippen LogP contribution < -0.4 is 4.74 Å². The van der Waals surface area contributed by atoms with Gasteiger partial charge in [0, 0.05) is 22.5 Å². The third kappa shape index (κ3) is 3.09. The Labute approximate surface area is 143 Å². The van der Waals surface area contributed by atoms with Crippen molar-refractivity contribution in [1.29, 1.82) is 0 Å². The molecule has 1 unspecified atom stereocenters. The fourth-order valence-electron chi connectivity index (χ4n) is 2.66. The highest BCUT2D eigenvalue weighted by atomic mass is 35.5. The molecule has 0 fully saturated rings. The zero-order chi connectivity index (χ0) is 15.7. The Morgan fingerprint density at radius 3 is 3.05 bits per heavy atom. The van der Waals surface area contributed by atoms with E-state index in [2.05, 4.69) is 18.4 Å². The van der Waals surface area contributed by atoms with Crippen molar-refractivity contribution in [3.8, 4) is 5.75 Å². The first kappa shape index (κ1) is 15.7. The molecule has 0 radical (unpaired) electrons. The SMILES string of the molecule is CC1c2ccsc2CCN1C(=O)COc1cc(Cl)ccc1Cl. The third-order valence-electron chi connectivity index (χ3n) is 3.84. The number of amides is 1. The van der Waals surface area contributed by atoms with Crippen molar-refractivity contribution in [3.63, 3.8) is 0 Å². The van der Waals surface area contributed by atoms with Gasteiger partial charge in [-0.1, -0.05) is 23.2 Å². The van der Waals surface area contributed by atoms with Gasteiger partial charge in [0.05, 0.1) is 11.1 Å². The van der Waals surface area contributed by atoms with Crippen LogP contribution in [0.2, 0.25) is 10.0 Å². The highest BCUT2D eigenvalue weighted by Crippen LogP contribution is 2.33. The van der Waals surface area contributed by atoms with E-state index in [-0.39, 0.29) is 18.6 Å². The molecule has 0 spiro atoms. The maximum atomic E-state index is 12.4. The van der Waals surface area contributed by atoms with Gasteiger partial charge in [-0.3, -0.25) is 4.79 Å². The summed E-state index contributed by atoms with van der Waals surface area (Å²) in [4.78, 5) is 15.7. The molecule has 0 saturated carbocycles. The number of nitrogens with zero attached hydrogens (tertiary/aromatic N) is 1. The minimum Gasteiger partial charge on any atom is -0.482 e. The molecule has 22 heavy (non-hydrogen) atoms. The molecule has 0 N–H and O–H groups in total. The number of hydrogen-bond donors (Lipinski definition) is 0. The van der Waals surface area contributed by atoms with Gasteiger partial charge < -0.3 is 9.64 Å². The summed E-state index contributed by atoms with van der Waals surface area (Å²) in [6.07, 6.45) is 0.904. The van der Waals surface area contributed by atoms with Crippen molar-refractivity contribution in [2.75, 3.05) is 13.2 Å². The Balaban J connectivity index is 1.67. The molecule has 1 aliphatic heterocycles. The van der Waals surface area contributed by atoms with Gasteiger partial charge in [-0.25, -0.2) is 0 Å². The van der Waals surface area contributed by atoms with Crippen molar-refractivity contribution >= 4 is 40.4 Å². The first-order valence-electron chi connectivity index (χ1n) is 7.00. The Hall–Kier alpha value is -1.23. The normalized spacial score (nSPS) is 17.2. The Morgan fingerprint density at radius 2 is 2.23 bits per heavy atom. The second-order valence-corrected chi connectivity index (χ2v) is 7.02. The monoisotopic (exact) mass is 355 g/mol. The van der Waals surface area contributed by atoms with Crippen LogP contribution in [0.3, 0.4) is 0 Å². The largest absolute Gasteiger partial charge is 0.482 e. The van der Waals surface area contributed by atoms with Gasteiger partial charge in [0.1, 0.15) is 5.75 Å². The average molecular weight is 356 g/mol. The van der Waals surface area contributed by atoms with Crippen LogP contribution in [0.25, 0.3) is 0 Å². The van der Waals surface area contributed by atoms with Crippen LogP contribution in [-0.2, 0) is 11.2 Å². The molecule has 6 heteroatoms. The van der Waals surface area contributed by atoms with Crippen LogP contribution in [0.4, 0.5) is 0 Å². The van der Waals surface area contributed by atoms with E-state index in [4.69, 9.17) is 27.9 Å². The lowest BCUT2D eigenvalue weighted by Gasteiger charge is -2.33. The van der Waals surface area contributed by atoms with Crippen molar-refractivity contribution in [2.24, 2.45) is 0 Å². The molecule has 0 bridgehead atoms. The van der Waals surface area contributed by atoms with Crippen LogP contribution >= 0.6 is 34.5 Å². The zero-order valence-corrected chi connectivity index (χ0v) is 14.3. The van der Waals surface area contributed by atoms with Crippen LogP contribution in [0.15, 0.2) is 29.6 Å². The lowest BCUT2D eigenvalue weighted by molar-refractivity contribution is -0.135. The van der Waals surface area contributed by atoms with Gasteiger partial charge in [-0.2, -0.15) is 0 Å². The molecular formula is C16H15Cl2NO2S. The van der Waals surface area contributed by atoms with Crippen LogP contribution in [0.5, 0.6) is 5.75 Å². The second-order valence-electron chi connectivity index (χ2n) is 5.18. The van der Waals surface area contributed by atoms with Gasteiger partial charge in [-0.05, 0) is 42.5 Å². The molecule has 2 aromatic rings. The van der Waals surface area contributed by atoms with Crippen molar-refractivity contribution < 1.29 is 9.53 Å². The molecule has 116 valence electrons. The first-order valence-corrected chi connectivity index (χ1v) is 8.63. The van der Waals surface area contributed by atoms with Gasteiger partial charge in [0.25, 0.3) is 5.91 Å². The summed E-state index contributed by atoms with van der Waals surface area (Å²) in [5.41, 5.74) is 1.24. The quantitative estimate of drug-likeness (QED) is 0.806. The molecule has 1 aliphatic rings. The molecule has 2 heterocycles. The van der Waals surface area contributed by atoms with Crippen molar-refractivity contribution in [2.45, 2.75) is 19.4 Å². The van der Waals surface area contributed by atoms with Gasteiger partial charge >= 0.3 is 0 Å². The van der Waals surface area contributed by atoms with E-state index < -0.39 is 0 Å². The standard InChI is InChI=1S/C16H15Cl2NO2S/c1-10-12-5-7-22-15(12)4-6-19(10)16(20)9-21-14-8-11(17)2-3-13(14)18/h2-3,5,7-8,10H,4,6,9H2,1H3. The number of hydrogen-bond acceptors (Lipinski definition) is 3. The molecular weight excluding hydrogens is 341 g/mol. The van der Waals surface area contributed by atoms with E-state index in [0.29, 0.717) is 15.8 Å². The van der Waals surface area contributed by atoms with E-state index >= 15 is 0 Å². The number of thiophene rings is 1. The number of rotatable bonds is 3. The fraction of sp³-hybridized carbons (Fsp3) is 0.312. The Bertz CT molecular complexity index is 701. The molecule has 0 aliphatic carbocycles. The van der Waals surface area contributed by atoms with E-state index in [1.807, 2.05) is 4.90 Å². The summed E-state index contributed by atoms with van der Waals surface area (Å²) in [5.74, 6) is 0.392. The molecule has 1 atom stereocenters. The van der Waals surface area contributed by atoms with Gasteiger partial charge in [-0.15, -0.1) is 11.3 Å². The predicted octanol–water partition coefficient (Wildman–Crippen LogP) is 4.58. The van der Waals surface area contributed by atoms with Crippen molar-refractivity contribution in [3.05, 3.63) is 50.1 Å². The summed E-state index contributed by atoms with van der Waals surface area (Å²) in [5, 5.41) is 3.06. The summed E-state index contributed by atoms with van der Waals surface area (Å²) in [7, 11) is 0. The first-order chi connectivity index (χ1) is 10.6. The van der Waals surface area contributed by atoms with Gasteiger partial charge in [0.2, 0.25) is 0 Å². The average Bonchev–Trinajstić information content (AvgIpc) is 2.98. The number of carbonyl (C=O) groups is 1. The number of fused-ring (bicyclic) bond motifs is 1. The Morgan fingerprint density at radius 1 is 1.41 bits per heavy atom. The topological polar surface area (TPSA) is 29.5 Å². The maximum absolute atomic E-state index is 12.4. The number of halogens is 2. The van der Waals surface area contributed by atoms with Crippen molar-refractivity contribution in [1.82, 2.24) is 4.90 Å². The molecule has 1 aromatic heterocycles. The maximum Gasteiger partial charge on any atom is 0.261 e. The number of benzene rings is 1. The fourth-order valence-corrected chi connectivity index (χ4v) is 3.96. The predicted molar refractivity (Wildman–Crippen MR) is 90.1 cm³/mol. The summed E-state index contributed by atoms with van der Waals surface area (Å²) in [6, 6.07) is 7.14. The lowest BCUT2D eigenvalue weighted by atomic mass is 10.0. The lowest BCUT2D eigenvalue weighted by Crippen LogP contribution is -2.40. The molecule has 1 amide bonds.